The highest BCUT2D eigenvalue weighted by Gasteiger charge is 2.20. The molecule has 3 rings (SSSR count). The van der Waals surface area contributed by atoms with Gasteiger partial charge in [0, 0.05) is 37.8 Å². The van der Waals surface area contributed by atoms with Crippen LogP contribution in [0, 0.1) is 0 Å². The quantitative estimate of drug-likeness (QED) is 0.801. The molecule has 7 heteroatoms. The minimum atomic E-state index is -0.179. The Morgan fingerprint density at radius 2 is 1.89 bits per heavy atom. The second-order valence-electron chi connectivity index (χ2n) is 6.51. The number of carbonyl (C=O) groups is 2. The summed E-state index contributed by atoms with van der Waals surface area (Å²) >= 11 is 0. The molecule has 1 heterocycles. The van der Waals surface area contributed by atoms with E-state index in [1.165, 1.54) is 6.92 Å². The van der Waals surface area contributed by atoms with Gasteiger partial charge >= 0.3 is 0 Å². The molecule has 1 aliphatic heterocycles. The highest BCUT2D eigenvalue weighted by atomic mass is 16.5. The van der Waals surface area contributed by atoms with Crippen LogP contribution in [-0.4, -0.2) is 45.2 Å². The number of methoxy groups -OCH3 is 1. The van der Waals surface area contributed by atoms with Crippen LogP contribution >= 0.6 is 0 Å². The average Bonchev–Trinajstić information content (AvgIpc) is 2.72. The van der Waals surface area contributed by atoms with E-state index in [0.29, 0.717) is 44.1 Å². The Morgan fingerprint density at radius 3 is 2.61 bits per heavy atom. The van der Waals surface area contributed by atoms with Crippen molar-refractivity contribution < 1.29 is 19.1 Å². The van der Waals surface area contributed by atoms with E-state index in [9.17, 15) is 9.59 Å². The number of rotatable bonds is 6. The summed E-state index contributed by atoms with van der Waals surface area (Å²) < 4.78 is 10.8. The SMILES string of the molecule is COc1ccccc1CNC(=O)c1ccc(NC(C)=O)cc1N1CCOCC1. The monoisotopic (exact) mass is 383 g/mol. The molecule has 0 radical (unpaired) electrons. The Bertz CT molecular complexity index is 847. The van der Waals surface area contributed by atoms with E-state index in [1.54, 1.807) is 19.2 Å². The van der Waals surface area contributed by atoms with Gasteiger partial charge in [0.15, 0.2) is 0 Å². The standard InChI is InChI=1S/C21H25N3O4/c1-15(25)23-17-7-8-18(19(13-17)24-9-11-28-12-10-24)21(26)22-14-16-5-3-4-6-20(16)27-2/h3-8,13H,9-12,14H2,1-2H3,(H,22,26)(H,23,25). The van der Waals surface area contributed by atoms with Gasteiger partial charge in [-0.2, -0.15) is 0 Å². The van der Waals surface area contributed by atoms with Gasteiger partial charge in [0.1, 0.15) is 5.75 Å². The lowest BCUT2D eigenvalue weighted by Gasteiger charge is -2.30. The molecular formula is C21H25N3O4. The molecule has 0 saturated carbocycles. The first-order valence-electron chi connectivity index (χ1n) is 9.23. The number of nitrogens with one attached hydrogen (secondary N) is 2. The number of morpholine rings is 1. The molecule has 0 spiro atoms. The second kappa shape index (κ2) is 9.23. The zero-order valence-electron chi connectivity index (χ0n) is 16.2. The lowest BCUT2D eigenvalue weighted by Crippen LogP contribution is -2.38. The summed E-state index contributed by atoms with van der Waals surface area (Å²) in [6.07, 6.45) is 0. The molecule has 2 amide bonds. The van der Waals surface area contributed by atoms with Crippen LogP contribution in [0.2, 0.25) is 0 Å². The van der Waals surface area contributed by atoms with Crippen LogP contribution in [-0.2, 0) is 16.1 Å². The number of nitrogens with zero attached hydrogens (tertiary/aromatic N) is 1. The number of benzene rings is 2. The Morgan fingerprint density at radius 1 is 1.14 bits per heavy atom. The number of carbonyl (C=O) groups excluding carboxylic acids is 2. The summed E-state index contributed by atoms with van der Waals surface area (Å²) in [5.74, 6) is 0.403. The lowest BCUT2D eigenvalue weighted by atomic mass is 10.1. The smallest absolute Gasteiger partial charge is 0.253 e. The molecule has 7 nitrogen and oxygen atoms in total. The zero-order chi connectivity index (χ0) is 19.9. The number of hydrogen-bond donors (Lipinski definition) is 2. The molecule has 0 atom stereocenters. The molecule has 1 aliphatic rings. The van der Waals surface area contributed by atoms with Crippen LogP contribution in [0.15, 0.2) is 42.5 Å². The molecule has 2 N–H and O–H groups in total. The summed E-state index contributed by atoms with van der Waals surface area (Å²) in [6.45, 7) is 4.41. The molecule has 2 aromatic carbocycles. The molecule has 1 saturated heterocycles. The van der Waals surface area contributed by atoms with Crippen LogP contribution in [0.4, 0.5) is 11.4 Å². The van der Waals surface area contributed by atoms with Crippen molar-refractivity contribution in [2.45, 2.75) is 13.5 Å². The van der Waals surface area contributed by atoms with Gasteiger partial charge in [-0.3, -0.25) is 9.59 Å². The summed E-state index contributed by atoms with van der Waals surface area (Å²) in [6, 6.07) is 12.9. The van der Waals surface area contributed by atoms with Crippen molar-refractivity contribution >= 4 is 23.2 Å². The van der Waals surface area contributed by atoms with E-state index >= 15 is 0 Å². The summed E-state index contributed by atoms with van der Waals surface area (Å²) in [5, 5.41) is 5.74. The molecule has 0 aliphatic carbocycles. The van der Waals surface area contributed by atoms with Crippen molar-refractivity contribution in [1.29, 1.82) is 0 Å². The maximum Gasteiger partial charge on any atom is 0.253 e. The molecule has 0 aromatic heterocycles. The van der Waals surface area contributed by atoms with Crippen LogP contribution in [0.25, 0.3) is 0 Å². The third kappa shape index (κ3) is 4.80. The highest BCUT2D eigenvalue weighted by Crippen LogP contribution is 2.26. The summed E-state index contributed by atoms with van der Waals surface area (Å²) in [7, 11) is 1.61. The fraction of sp³-hybridized carbons (Fsp3) is 0.333. The maximum atomic E-state index is 12.9. The molecule has 0 bridgehead atoms. The van der Waals surface area contributed by atoms with Gasteiger partial charge in [0.25, 0.3) is 5.91 Å². The van der Waals surface area contributed by atoms with Crippen molar-refractivity contribution in [3.63, 3.8) is 0 Å². The van der Waals surface area contributed by atoms with Crippen LogP contribution in [0.5, 0.6) is 5.75 Å². The predicted octanol–water partition coefficient (Wildman–Crippen LogP) is 2.42. The number of anilines is 2. The van der Waals surface area contributed by atoms with Gasteiger partial charge in [-0.15, -0.1) is 0 Å². The van der Waals surface area contributed by atoms with Gasteiger partial charge in [0.05, 0.1) is 31.6 Å². The average molecular weight is 383 g/mol. The van der Waals surface area contributed by atoms with E-state index in [-0.39, 0.29) is 11.8 Å². The highest BCUT2D eigenvalue weighted by molar-refractivity contribution is 6.01. The first kappa shape index (κ1) is 19.7. The number of amides is 2. The Balaban J connectivity index is 1.82. The second-order valence-corrected chi connectivity index (χ2v) is 6.51. The first-order chi connectivity index (χ1) is 13.6. The number of ether oxygens (including phenoxy) is 2. The Labute approximate surface area is 164 Å². The van der Waals surface area contributed by atoms with Gasteiger partial charge in [-0.1, -0.05) is 18.2 Å². The van der Waals surface area contributed by atoms with E-state index in [4.69, 9.17) is 9.47 Å². The largest absolute Gasteiger partial charge is 0.496 e. The Hall–Kier alpha value is -3.06. The molecular weight excluding hydrogens is 358 g/mol. The van der Waals surface area contributed by atoms with Gasteiger partial charge < -0.3 is 25.0 Å². The minimum absolute atomic E-state index is 0.152. The number of hydrogen-bond acceptors (Lipinski definition) is 5. The first-order valence-corrected chi connectivity index (χ1v) is 9.23. The predicted molar refractivity (Wildman–Crippen MR) is 108 cm³/mol. The third-order valence-electron chi connectivity index (χ3n) is 4.55. The van der Waals surface area contributed by atoms with Gasteiger partial charge in [0.2, 0.25) is 5.91 Å². The summed E-state index contributed by atoms with van der Waals surface area (Å²) in [5.41, 5.74) is 2.91. The molecule has 2 aromatic rings. The van der Waals surface area contributed by atoms with Crippen molar-refractivity contribution in [1.82, 2.24) is 5.32 Å². The lowest BCUT2D eigenvalue weighted by molar-refractivity contribution is -0.114. The number of para-hydroxylation sites is 1. The fourth-order valence-corrected chi connectivity index (χ4v) is 3.19. The van der Waals surface area contributed by atoms with Crippen molar-refractivity contribution in [2.24, 2.45) is 0 Å². The Kier molecular flexibility index (Phi) is 6.49. The van der Waals surface area contributed by atoms with Crippen molar-refractivity contribution in [2.75, 3.05) is 43.6 Å². The van der Waals surface area contributed by atoms with E-state index in [0.717, 1.165) is 17.0 Å². The normalized spacial score (nSPS) is 13.7. The van der Waals surface area contributed by atoms with Gasteiger partial charge in [-0.05, 0) is 24.3 Å². The van der Waals surface area contributed by atoms with Crippen molar-refractivity contribution in [3.8, 4) is 5.75 Å². The maximum absolute atomic E-state index is 12.9. The van der Waals surface area contributed by atoms with E-state index < -0.39 is 0 Å². The molecule has 28 heavy (non-hydrogen) atoms. The van der Waals surface area contributed by atoms with Crippen LogP contribution in [0.3, 0.4) is 0 Å². The van der Waals surface area contributed by atoms with Crippen LogP contribution < -0.4 is 20.3 Å². The molecule has 1 fully saturated rings. The topological polar surface area (TPSA) is 79.9 Å². The summed E-state index contributed by atoms with van der Waals surface area (Å²) in [4.78, 5) is 26.4. The van der Waals surface area contributed by atoms with Gasteiger partial charge in [-0.25, -0.2) is 0 Å². The minimum Gasteiger partial charge on any atom is -0.496 e. The van der Waals surface area contributed by atoms with Crippen LogP contribution in [0.1, 0.15) is 22.8 Å². The molecule has 0 unspecified atom stereocenters. The van der Waals surface area contributed by atoms with E-state index in [1.807, 2.05) is 30.3 Å². The zero-order valence-corrected chi connectivity index (χ0v) is 16.2. The van der Waals surface area contributed by atoms with Crippen molar-refractivity contribution in [3.05, 3.63) is 53.6 Å². The van der Waals surface area contributed by atoms with E-state index in [2.05, 4.69) is 15.5 Å². The third-order valence-corrected chi connectivity index (χ3v) is 4.55. The molecule has 148 valence electrons. The fourth-order valence-electron chi connectivity index (χ4n) is 3.19.